The predicted molar refractivity (Wildman–Crippen MR) is 156 cm³/mol. The van der Waals surface area contributed by atoms with Crippen molar-refractivity contribution in [2.75, 3.05) is 24.6 Å². The van der Waals surface area contributed by atoms with E-state index in [1.54, 1.807) is 39.8 Å². The van der Waals surface area contributed by atoms with Crippen LogP contribution in [0, 0.1) is 29.8 Å². The second-order valence-corrected chi connectivity index (χ2v) is 12.6. The number of hydrogen-bond acceptors (Lipinski definition) is 5. The molecular weight excluding hydrogens is 545 g/mol. The van der Waals surface area contributed by atoms with E-state index in [9.17, 15) is 14.3 Å². The van der Waals surface area contributed by atoms with Gasteiger partial charge in [-0.15, -0.1) is 0 Å². The fourth-order valence-electron chi connectivity index (χ4n) is 5.16. The first-order valence-electron chi connectivity index (χ1n) is 14.2. The van der Waals surface area contributed by atoms with E-state index in [2.05, 4.69) is 18.8 Å². The van der Waals surface area contributed by atoms with Gasteiger partial charge in [0.1, 0.15) is 11.6 Å². The number of rotatable bonds is 9. The number of ether oxygens (including phenoxy) is 2. The highest BCUT2D eigenvalue weighted by Crippen LogP contribution is 2.44. The topological polar surface area (TPSA) is 71.9 Å². The molecule has 1 aromatic heterocycles. The molecule has 0 radical (unpaired) electrons. The lowest BCUT2D eigenvalue weighted by molar-refractivity contribution is -0.160. The number of carboxylic acids is 1. The van der Waals surface area contributed by atoms with E-state index < -0.39 is 29.3 Å². The van der Waals surface area contributed by atoms with Crippen LogP contribution in [0.4, 0.5) is 18.9 Å². The molecule has 0 aliphatic carbocycles. The molecule has 4 rings (SSSR count). The molecule has 1 atom stereocenters. The number of carbonyl (C=O) groups is 1. The average Bonchev–Trinajstić information content (AvgIpc) is 2.90. The quantitative estimate of drug-likeness (QED) is 0.278. The molecule has 2 heterocycles. The fraction of sp³-hybridized carbons (Fsp3) is 0.455. The Hall–Kier alpha value is -3.59. The van der Waals surface area contributed by atoms with Crippen LogP contribution in [0.15, 0.2) is 42.6 Å². The third-order valence-corrected chi connectivity index (χ3v) is 7.55. The van der Waals surface area contributed by atoms with Gasteiger partial charge >= 0.3 is 5.97 Å². The van der Waals surface area contributed by atoms with Gasteiger partial charge in [-0.2, -0.15) is 0 Å². The zero-order valence-corrected chi connectivity index (χ0v) is 25.1. The van der Waals surface area contributed by atoms with E-state index in [0.717, 1.165) is 30.5 Å². The number of piperidine rings is 1. The molecule has 0 bridgehead atoms. The summed E-state index contributed by atoms with van der Waals surface area (Å²) >= 11 is 0. The van der Waals surface area contributed by atoms with Crippen LogP contribution in [-0.2, 0) is 16.0 Å². The Bertz CT molecular complexity index is 1420. The van der Waals surface area contributed by atoms with Gasteiger partial charge in [-0.3, -0.25) is 4.98 Å². The number of nitrogens with zero attached hydrogens (tertiary/aromatic N) is 2. The van der Waals surface area contributed by atoms with Gasteiger partial charge in [-0.05, 0) is 69.7 Å². The van der Waals surface area contributed by atoms with Crippen LogP contribution in [0.5, 0.6) is 5.75 Å². The van der Waals surface area contributed by atoms with Gasteiger partial charge in [0.15, 0.2) is 17.7 Å². The molecule has 1 unspecified atom stereocenters. The van der Waals surface area contributed by atoms with Crippen molar-refractivity contribution in [3.8, 4) is 16.9 Å². The SMILES string of the molecule is Cc1ncc(-c2cc(F)c(OCCc3ccc(F)cc3)cc2F)c(N2CCC(C)(C)CC2)c1C(OC(C)(C)C)C(=O)O. The van der Waals surface area contributed by atoms with Gasteiger partial charge in [0.25, 0.3) is 0 Å². The summed E-state index contributed by atoms with van der Waals surface area (Å²) in [7, 11) is 0. The Morgan fingerprint density at radius 2 is 1.69 bits per heavy atom. The molecule has 1 fully saturated rings. The molecule has 42 heavy (non-hydrogen) atoms. The fourth-order valence-corrected chi connectivity index (χ4v) is 5.16. The number of halogens is 3. The lowest BCUT2D eigenvalue weighted by atomic mass is 9.82. The molecule has 1 aliphatic heterocycles. The molecule has 0 saturated carbocycles. The largest absolute Gasteiger partial charge is 0.490 e. The Balaban J connectivity index is 1.76. The Kier molecular flexibility index (Phi) is 9.21. The number of anilines is 1. The van der Waals surface area contributed by atoms with Crippen LogP contribution >= 0.6 is 0 Å². The van der Waals surface area contributed by atoms with Crippen LogP contribution in [0.2, 0.25) is 0 Å². The number of benzene rings is 2. The minimum absolute atomic E-state index is 0.0492. The number of hydrogen-bond donors (Lipinski definition) is 1. The molecule has 1 N–H and O–H groups in total. The number of pyridine rings is 1. The minimum Gasteiger partial charge on any atom is -0.490 e. The van der Waals surface area contributed by atoms with Crippen molar-refractivity contribution < 1.29 is 32.5 Å². The summed E-state index contributed by atoms with van der Waals surface area (Å²) in [5.74, 6) is -3.29. The van der Waals surface area contributed by atoms with E-state index in [4.69, 9.17) is 9.47 Å². The lowest BCUT2D eigenvalue weighted by Gasteiger charge is -2.41. The summed E-state index contributed by atoms with van der Waals surface area (Å²) in [6.45, 7) is 12.6. The van der Waals surface area contributed by atoms with E-state index >= 15 is 8.78 Å². The summed E-state index contributed by atoms with van der Waals surface area (Å²) < 4.78 is 55.9. The Labute approximate surface area is 245 Å². The molecule has 226 valence electrons. The van der Waals surface area contributed by atoms with Crippen LogP contribution in [-0.4, -0.2) is 41.4 Å². The summed E-state index contributed by atoms with van der Waals surface area (Å²) in [5, 5.41) is 10.3. The highest BCUT2D eigenvalue weighted by molar-refractivity contribution is 5.86. The molecular formula is C33H39F3N2O4. The van der Waals surface area contributed by atoms with E-state index in [-0.39, 0.29) is 34.7 Å². The highest BCUT2D eigenvalue weighted by atomic mass is 19.1. The summed E-state index contributed by atoms with van der Waals surface area (Å²) in [6, 6.07) is 7.94. The van der Waals surface area contributed by atoms with Crippen molar-refractivity contribution in [2.45, 2.75) is 72.5 Å². The monoisotopic (exact) mass is 584 g/mol. The summed E-state index contributed by atoms with van der Waals surface area (Å²) in [6.07, 6.45) is 2.15. The maximum absolute atomic E-state index is 15.8. The van der Waals surface area contributed by atoms with Crippen LogP contribution in [0.25, 0.3) is 11.1 Å². The first kappa shape index (κ1) is 31.3. The lowest BCUT2D eigenvalue weighted by Crippen LogP contribution is -2.39. The second kappa shape index (κ2) is 12.3. The Morgan fingerprint density at radius 3 is 2.29 bits per heavy atom. The molecule has 1 aliphatic rings. The second-order valence-electron chi connectivity index (χ2n) is 12.6. The van der Waals surface area contributed by atoms with E-state index in [1.165, 1.54) is 18.3 Å². The van der Waals surface area contributed by atoms with Gasteiger partial charge < -0.3 is 19.5 Å². The number of aryl methyl sites for hydroxylation is 1. The minimum atomic E-state index is -1.37. The maximum Gasteiger partial charge on any atom is 0.337 e. The van der Waals surface area contributed by atoms with Crippen molar-refractivity contribution in [2.24, 2.45) is 5.41 Å². The first-order chi connectivity index (χ1) is 19.6. The van der Waals surface area contributed by atoms with Crippen molar-refractivity contribution in [3.63, 3.8) is 0 Å². The normalized spacial score (nSPS) is 15.9. The molecule has 6 nitrogen and oxygen atoms in total. The number of carboxylic acid groups (broad SMARTS) is 1. The third kappa shape index (κ3) is 7.43. The van der Waals surface area contributed by atoms with Crippen LogP contribution in [0.1, 0.15) is 70.4 Å². The molecule has 2 aromatic carbocycles. The molecule has 0 amide bonds. The Morgan fingerprint density at radius 1 is 1.05 bits per heavy atom. The van der Waals surface area contributed by atoms with Gasteiger partial charge in [-0.25, -0.2) is 18.0 Å². The van der Waals surface area contributed by atoms with Crippen LogP contribution < -0.4 is 9.64 Å². The zero-order valence-electron chi connectivity index (χ0n) is 25.1. The third-order valence-electron chi connectivity index (χ3n) is 7.55. The van der Waals surface area contributed by atoms with Gasteiger partial charge in [0, 0.05) is 54.2 Å². The smallest absolute Gasteiger partial charge is 0.337 e. The molecule has 9 heteroatoms. The van der Waals surface area contributed by atoms with Crippen LogP contribution in [0.3, 0.4) is 0 Å². The first-order valence-corrected chi connectivity index (χ1v) is 14.2. The molecule has 1 saturated heterocycles. The standard InChI is InChI=1S/C33H39F3N2O4/c1-20-28(30(31(39)40)42-32(2,3)4)29(38-14-12-33(5,6)13-15-38)24(19-37-20)23-17-26(36)27(18-25(23)35)41-16-11-21-7-9-22(34)10-8-21/h7-10,17-19,30H,11-16H2,1-6H3,(H,39,40). The maximum atomic E-state index is 15.8. The van der Waals surface area contributed by atoms with E-state index in [1.807, 2.05) is 4.90 Å². The van der Waals surface area contributed by atoms with Gasteiger partial charge in [0.05, 0.1) is 17.9 Å². The predicted octanol–water partition coefficient (Wildman–Crippen LogP) is 7.66. The van der Waals surface area contributed by atoms with Crippen molar-refractivity contribution >= 4 is 11.7 Å². The van der Waals surface area contributed by atoms with Gasteiger partial charge in [-0.1, -0.05) is 26.0 Å². The molecule has 0 spiro atoms. The summed E-state index contributed by atoms with van der Waals surface area (Å²) in [5.41, 5.74) is 1.59. The average molecular weight is 585 g/mol. The number of aliphatic carboxylic acids is 1. The van der Waals surface area contributed by atoms with Crippen molar-refractivity contribution in [3.05, 3.63) is 76.9 Å². The molecule has 3 aromatic rings. The highest BCUT2D eigenvalue weighted by Gasteiger charge is 2.36. The van der Waals surface area contributed by atoms with Crippen molar-refractivity contribution in [1.82, 2.24) is 4.98 Å². The van der Waals surface area contributed by atoms with E-state index in [0.29, 0.717) is 36.5 Å². The number of aromatic nitrogens is 1. The zero-order chi connectivity index (χ0) is 30.8. The van der Waals surface area contributed by atoms with Gasteiger partial charge in [0.2, 0.25) is 0 Å². The summed E-state index contributed by atoms with van der Waals surface area (Å²) in [4.78, 5) is 19.0. The van der Waals surface area contributed by atoms with Crippen molar-refractivity contribution in [1.29, 1.82) is 0 Å².